The van der Waals surface area contributed by atoms with Gasteiger partial charge in [0.15, 0.2) is 0 Å². The molecule has 2 saturated heterocycles. The highest BCUT2D eigenvalue weighted by molar-refractivity contribution is 6.00. The zero-order valence-electron chi connectivity index (χ0n) is 18.7. The Morgan fingerprint density at radius 1 is 1.06 bits per heavy atom. The third-order valence-corrected chi connectivity index (χ3v) is 7.00. The van der Waals surface area contributed by atoms with Gasteiger partial charge in [-0.2, -0.15) is 0 Å². The van der Waals surface area contributed by atoms with Crippen LogP contribution in [0.5, 0.6) is 5.75 Å². The van der Waals surface area contributed by atoms with Gasteiger partial charge in [0.25, 0.3) is 5.91 Å². The number of rotatable bonds is 4. The highest BCUT2D eigenvalue weighted by Gasteiger charge is 2.33. The van der Waals surface area contributed by atoms with Crippen molar-refractivity contribution in [2.24, 2.45) is 0 Å². The summed E-state index contributed by atoms with van der Waals surface area (Å²) in [5.41, 5.74) is 4.71. The lowest BCUT2D eigenvalue weighted by Crippen LogP contribution is -2.54. The number of hydrogen-bond acceptors (Lipinski definition) is 4. The van der Waals surface area contributed by atoms with Crippen molar-refractivity contribution in [1.82, 2.24) is 9.80 Å². The molecule has 0 bridgehead atoms. The predicted molar refractivity (Wildman–Crippen MR) is 119 cm³/mol. The van der Waals surface area contributed by atoms with Crippen LogP contribution in [-0.4, -0.2) is 54.3 Å². The number of hydrogen-bond donors (Lipinski definition) is 0. The van der Waals surface area contributed by atoms with Crippen LogP contribution < -0.4 is 9.64 Å². The van der Waals surface area contributed by atoms with Gasteiger partial charge in [0.05, 0.1) is 0 Å². The van der Waals surface area contributed by atoms with Gasteiger partial charge in [-0.25, -0.2) is 0 Å². The third kappa shape index (κ3) is 4.67. The number of piperazine rings is 1. The topological polar surface area (TPSA) is 36.0 Å². The Morgan fingerprint density at radius 3 is 2.61 bits per heavy atom. The number of alkyl halides is 3. The quantitative estimate of drug-likeness (QED) is 0.663. The molecule has 0 aliphatic carbocycles. The van der Waals surface area contributed by atoms with E-state index in [0.717, 1.165) is 41.9 Å². The van der Waals surface area contributed by atoms with Crippen molar-refractivity contribution >= 4 is 11.6 Å². The van der Waals surface area contributed by atoms with Crippen molar-refractivity contribution < 1.29 is 22.7 Å². The SMILES string of the molecule is Cc1cc(N2CCN3CCCCC3C2)cc2c1C(=O)N(Cc1ccc(OC(F)(F)F)cc1)C2. The Labute approximate surface area is 191 Å². The number of fused-ring (bicyclic) bond motifs is 2. The van der Waals surface area contributed by atoms with Gasteiger partial charge in [0.2, 0.25) is 0 Å². The first kappa shape index (κ1) is 22.1. The van der Waals surface area contributed by atoms with Gasteiger partial charge in [-0.05, 0) is 67.3 Å². The molecule has 0 aromatic heterocycles. The number of benzene rings is 2. The zero-order chi connectivity index (χ0) is 23.2. The van der Waals surface area contributed by atoms with Crippen LogP contribution in [0.4, 0.5) is 18.9 Å². The largest absolute Gasteiger partial charge is 0.573 e. The molecule has 0 saturated carbocycles. The first-order chi connectivity index (χ1) is 15.8. The minimum absolute atomic E-state index is 0.0261. The van der Waals surface area contributed by atoms with E-state index in [4.69, 9.17) is 0 Å². The predicted octanol–water partition coefficient (Wildman–Crippen LogP) is 4.72. The van der Waals surface area contributed by atoms with Crippen LogP contribution in [0.3, 0.4) is 0 Å². The summed E-state index contributed by atoms with van der Waals surface area (Å²) in [7, 11) is 0. The average Bonchev–Trinajstić information content (AvgIpc) is 3.09. The molecule has 1 atom stereocenters. The van der Waals surface area contributed by atoms with E-state index in [1.807, 2.05) is 6.92 Å². The average molecular weight is 460 g/mol. The summed E-state index contributed by atoms with van der Waals surface area (Å²) in [4.78, 5) is 19.9. The third-order valence-electron chi connectivity index (χ3n) is 7.00. The molecule has 5 rings (SSSR count). The molecule has 8 heteroatoms. The van der Waals surface area contributed by atoms with E-state index in [-0.39, 0.29) is 11.7 Å². The Hall–Kier alpha value is -2.74. The van der Waals surface area contributed by atoms with Crippen LogP contribution in [0.25, 0.3) is 0 Å². The Bertz CT molecular complexity index is 1040. The molecule has 2 aromatic rings. The van der Waals surface area contributed by atoms with Crippen LogP contribution in [0.1, 0.15) is 46.3 Å². The minimum Gasteiger partial charge on any atom is -0.406 e. The summed E-state index contributed by atoms with van der Waals surface area (Å²) in [5.74, 6) is -0.289. The standard InChI is InChI=1S/C25H28F3N3O2/c1-17-12-21(30-11-10-29-9-3-2-4-20(29)16-30)13-19-15-31(24(32)23(17)19)14-18-5-7-22(8-6-18)33-25(26,27)28/h5-8,12-13,20H,2-4,9-11,14-16H2,1H3. The molecular weight excluding hydrogens is 431 g/mol. The van der Waals surface area contributed by atoms with E-state index in [0.29, 0.717) is 19.1 Å². The monoisotopic (exact) mass is 459 g/mol. The van der Waals surface area contributed by atoms with Crippen LogP contribution in [0.2, 0.25) is 0 Å². The van der Waals surface area contributed by atoms with Gasteiger partial charge in [-0.15, -0.1) is 13.2 Å². The molecule has 2 aromatic carbocycles. The van der Waals surface area contributed by atoms with Gasteiger partial charge < -0.3 is 14.5 Å². The molecule has 0 radical (unpaired) electrons. The summed E-state index contributed by atoms with van der Waals surface area (Å²) in [5, 5.41) is 0. The van der Waals surface area contributed by atoms with Crippen LogP contribution in [-0.2, 0) is 13.1 Å². The maximum absolute atomic E-state index is 13.1. The molecule has 0 N–H and O–H groups in total. The van der Waals surface area contributed by atoms with Crippen molar-refractivity contribution in [2.45, 2.75) is 51.7 Å². The first-order valence-corrected chi connectivity index (χ1v) is 11.5. The van der Waals surface area contributed by atoms with Gasteiger partial charge in [-0.1, -0.05) is 18.6 Å². The van der Waals surface area contributed by atoms with Gasteiger partial charge >= 0.3 is 6.36 Å². The zero-order valence-corrected chi connectivity index (χ0v) is 18.7. The number of aryl methyl sites for hydroxylation is 1. The van der Waals surface area contributed by atoms with E-state index in [9.17, 15) is 18.0 Å². The second kappa shape index (κ2) is 8.56. The fourth-order valence-electron chi connectivity index (χ4n) is 5.42. The fraction of sp³-hybridized carbons (Fsp3) is 0.480. The molecule has 1 unspecified atom stereocenters. The number of amides is 1. The highest BCUT2D eigenvalue weighted by atomic mass is 19.4. The van der Waals surface area contributed by atoms with Crippen molar-refractivity contribution in [3.05, 3.63) is 58.7 Å². The number of nitrogens with zero attached hydrogens (tertiary/aromatic N) is 3. The second-order valence-corrected chi connectivity index (χ2v) is 9.28. The van der Waals surface area contributed by atoms with E-state index in [1.165, 1.54) is 43.6 Å². The number of ether oxygens (including phenoxy) is 1. The molecule has 2 fully saturated rings. The van der Waals surface area contributed by atoms with Crippen molar-refractivity contribution in [2.75, 3.05) is 31.1 Å². The number of piperidine rings is 1. The van der Waals surface area contributed by atoms with Crippen LogP contribution in [0.15, 0.2) is 36.4 Å². The lowest BCUT2D eigenvalue weighted by Gasteiger charge is -2.45. The van der Waals surface area contributed by atoms with E-state index in [2.05, 4.69) is 26.7 Å². The number of anilines is 1. The molecule has 33 heavy (non-hydrogen) atoms. The Morgan fingerprint density at radius 2 is 1.85 bits per heavy atom. The molecule has 3 aliphatic rings. The van der Waals surface area contributed by atoms with E-state index in [1.54, 1.807) is 17.0 Å². The highest BCUT2D eigenvalue weighted by Crippen LogP contribution is 2.33. The van der Waals surface area contributed by atoms with Crippen molar-refractivity contribution in [3.8, 4) is 5.75 Å². The minimum atomic E-state index is -4.72. The van der Waals surface area contributed by atoms with Crippen LogP contribution in [0, 0.1) is 6.92 Å². The van der Waals surface area contributed by atoms with Gasteiger partial charge in [0.1, 0.15) is 5.75 Å². The normalized spacial score (nSPS) is 21.2. The summed E-state index contributed by atoms with van der Waals surface area (Å²) < 4.78 is 41.1. The fourth-order valence-corrected chi connectivity index (χ4v) is 5.42. The van der Waals surface area contributed by atoms with E-state index < -0.39 is 6.36 Å². The molecule has 3 aliphatic heterocycles. The lowest BCUT2D eigenvalue weighted by molar-refractivity contribution is -0.274. The van der Waals surface area contributed by atoms with Gasteiger partial charge in [-0.3, -0.25) is 9.69 Å². The molecular formula is C25H28F3N3O2. The molecule has 176 valence electrons. The number of carbonyl (C=O) groups excluding carboxylic acids is 1. The molecule has 1 amide bonds. The maximum atomic E-state index is 13.1. The number of halogens is 3. The van der Waals surface area contributed by atoms with Crippen LogP contribution >= 0.6 is 0 Å². The molecule has 3 heterocycles. The Kier molecular flexibility index (Phi) is 5.72. The smallest absolute Gasteiger partial charge is 0.406 e. The van der Waals surface area contributed by atoms with E-state index >= 15 is 0 Å². The summed E-state index contributed by atoms with van der Waals surface area (Å²) in [6.07, 6.45) is -0.873. The lowest BCUT2D eigenvalue weighted by atomic mass is 9.98. The number of carbonyl (C=O) groups is 1. The first-order valence-electron chi connectivity index (χ1n) is 11.5. The molecule has 0 spiro atoms. The summed E-state index contributed by atoms with van der Waals surface area (Å²) >= 11 is 0. The second-order valence-electron chi connectivity index (χ2n) is 9.28. The summed E-state index contributed by atoms with van der Waals surface area (Å²) in [6, 6.07) is 10.6. The maximum Gasteiger partial charge on any atom is 0.573 e. The summed E-state index contributed by atoms with van der Waals surface area (Å²) in [6.45, 7) is 7.15. The van der Waals surface area contributed by atoms with Crippen molar-refractivity contribution in [3.63, 3.8) is 0 Å². The van der Waals surface area contributed by atoms with Gasteiger partial charge in [0, 0.05) is 50.0 Å². The van der Waals surface area contributed by atoms with Crippen molar-refractivity contribution in [1.29, 1.82) is 0 Å². The molecule has 5 nitrogen and oxygen atoms in total. The Balaban J connectivity index is 1.29.